The van der Waals surface area contributed by atoms with Crippen LogP contribution in [0.4, 0.5) is 13.2 Å². The number of halogens is 3. The SMILES string of the molecule is CC(=O)C#Cc1ccc(C(F)(F)F)cn1. The molecule has 1 rings (SSSR count). The van der Waals surface area contributed by atoms with Crippen LogP contribution in [0.1, 0.15) is 18.2 Å². The molecule has 0 unspecified atom stereocenters. The molecule has 15 heavy (non-hydrogen) atoms. The van der Waals surface area contributed by atoms with Gasteiger partial charge in [-0.15, -0.1) is 0 Å². The molecule has 1 aromatic heterocycles. The fourth-order valence-corrected chi connectivity index (χ4v) is 0.788. The van der Waals surface area contributed by atoms with Gasteiger partial charge in [0.05, 0.1) is 5.56 Å². The van der Waals surface area contributed by atoms with E-state index in [2.05, 4.69) is 16.8 Å². The Labute approximate surface area is 84.1 Å². The van der Waals surface area contributed by atoms with Crippen molar-refractivity contribution in [3.63, 3.8) is 0 Å². The molecule has 5 heteroatoms. The van der Waals surface area contributed by atoms with E-state index in [1.165, 1.54) is 6.92 Å². The molecular weight excluding hydrogens is 207 g/mol. The van der Waals surface area contributed by atoms with Crippen LogP contribution < -0.4 is 0 Å². The van der Waals surface area contributed by atoms with E-state index in [1.807, 2.05) is 0 Å². The Hall–Kier alpha value is -1.83. The second-order valence-corrected chi connectivity index (χ2v) is 2.74. The van der Waals surface area contributed by atoms with Crippen LogP contribution in [0.2, 0.25) is 0 Å². The van der Waals surface area contributed by atoms with Gasteiger partial charge in [-0.25, -0.2) is 4.98 Å². The third-order valence-electron chi connectivity index (χ3n) is 1.46. The van der Waals surface area contributed by atoms with Gasteiger partial charge in [-0.05, 0) is 24.0 Å². The molecule has 0 spiro atoms. The van der Waals surface area contributed by atoms with Crippen LogP contribution in [0, 0.1) is 11.8 Å². The second kappa shape index (κ2) is 4.13. The van der Waals surface area contributed by atoms with E-state index in [4.69, 9.17) is 0 Å². The summed E-state index contributed by atoms with van der Waals surface area (Å²) in [7, 11) is 0. The van der Waals surface area contributed by atoms with Crippen molar-refractivity contribution in [3.8, 4) is 11.8 Å². The largest absolute Gasteiger partial charge is 0.417 e. The van der Waals surface area contributed by atoms with Crippen LogP contribution in [0.25, 0.3) is 0 Å². The van der Waals surface area contributed by atoms with E-state index in [9.17, 15) is 18.0 Å². The van der Waals surface area contributed by atoms with Gasteiger partial charge in [0.15, 0.2) is 0 Å². The highest BCUT2D eigenvalue weighted by atomic mass is 19.4. The Bertz CT molecular complexity index is 423. The van der Waals surface area contributed by atoms with Gasteiger partial charge in [0.2, 0.25) is 5.78 Å². The summed E-state index contributed by atoms with van der Waals surface area (Å²) in [6.07, 6.45) is -3.72. The monoisotopic (exact) mass is 213 g/mol. The lowest BCUT2D eigenvalue weighted by Gasteiger charge is -2.04. The van der Waals surface area contributed by atoms with Crippen LogP contribution in [0.3, 0.4) is 0 Å². The molecule has 0 atom stereocenters. The summed E-state index contributed by atoms with van der Waals surface area (Å²) in [5.74, 6) is 4.17. The maximum absolute atomic E-state index is 12.1. The Morgan fingerprint density at radius 2 is 2.07 bits per heavy atom. The highest BCUT2D eigenvalue weighted by Gasteiger charge is 2.30. The Morgan fingerprint density at radius 1 is 1.40 bits per heavy atom. The molecular formula is C10H6F3NO. The van der Waals surface area contributed by atoms with Gasteiger partial charge in [-0.3, -0.25) is 4.79 Å². The van der Waals surface area contributed by atoms with Crippen molar-refractivity contribution in [3.05, 3.63) is 29.6 Å². The quantitative estimate of drug-likeness (QED) is 0.617. The first kappa shape index (κ1) is 11.2. The minimum absolute atomic E-state index is 0.137. The number of hydrogen-bond donors (Lipinski definition) is 0. The van der Waals surface area contributed by atoms with Crippen LogP contribution in [-0.2, 0) is 11.0 Å². The minimum atomic E-state index is -4.40. The zero-order valence-corrected chi connectivity index (χ0v) is 7.72. The summed E-state index contributed by atoms with van der Waals surface area (Å²) in [5, 5.41) is 0. The first-order chi connectivity index (χ1) is 6.89. The second-order valence-electron chi connectivity index (χ2n) is 2.74. The molecule has 0 N–H and O–H groups in total. The first-order valence-electron chi connectivity index (χ1n) is 3.95. The maximum atomic E-state index is 12.1. The zero-order valence-electron chi connectivity index (χ0n) is 7.72. The third kappa shape index (κ3) is 3.43. The smallest absolute Gasteiger partial charge is 0.285 e. The van der Waals surface area contributed by atoms with E-state index in [0.717, 1.165) is 12.1 Å². The molecule has 0 bridgehead atoms. The Morgan fingerprint density at radius 3 is 2.47 bits per heavy atom. The van der Waals surface area contributed by atoms with E-state index in [-0.39, 0.29) is 11.5 Å². The predicted octanol–water partition coefficient (Wildman–Crippen LogP) is 2.04. The van der Waals surface area contributed by atoms with Gasteiger partial charge in [0.25, 0.3) is 0 Å². The molecule has 0 aromatic carbocycles. The molecule has 0 aliphatic heterocycles. The van der Waals surface area contributed by atoms with Gasteiger partial charge >= 0.3 is 6.18 Å². The predicted molar refractivity (Wildman–Crippen MR) is 46.8 cm³/mol. The molecule has 0 saturated carbocycles. The van der Waals surface area contributed by atoms with E-state index in [0.29, 0.717) is 6.20 Å². The van der Waals surface area contributed by atoms with E-state index < -0.39 is 11.7 Å². The molecule has 1 heterocycles. The number of nitrogens with zero attached hydrogens (tertiary/aromatic N) is 1. The summed E-state index contributed by atoms with van der Waals surface area (Å²) in [4.78, 5) is 13.9. The van der Waals surface area contributed by atoms with Crippen molar-refractivity contribution in [2.24, 2.45) is 0 Å². The van der Waals surface area contributed by atoms with Crippen LogP contribution in [-0.4, -0.2) is 10.8 Å². The highest BCUT2D eigenvalue weighted by Crippen LogP contribution is 2.28. The lowest BCUT2D eigenvalue weighted by atomic mass is 10.2. The Kier molecular flexibility index (Phi) is 3.10. The zero-order chi connectivity index (χ0) is 11.5. The summed E-state index contributed by atoms with van der Waals surface area (Å²) >= 11 is 0. The molecule has 1 aromatic rings. The number of aromatic nitrogens is 1. The average Bonchev–Trinajstić information content (AvgIpc) is 2.14. The first-order valence-corrected chi connectivity index (χ1v) is 3.95. The van der Waals surface area contributed by atoms with Crippen molar-refractivity contribution in [1.82, 2.24) is 4.98 Å². The lowest BCUT2D eigenvalue weighted by molar-refractivity contribution is -0.137. The summed E-state index contributed by atoms with van der Waals surface area (Å²) in [6, 6.07) is 2.00. The fraction of sp³-hybridized carbons (Fsp3) is 0.200. The molecule has 0 aliphatic rings. The average molecular weight is 213 g/mol. The van der Waals surface area contributed by atoms with Gasteiger partial charge in [0, 0.05) is 13.1 Å². The van der Waals surface area contributed by atoms with Crippen molar-refractivity contribution >= 4 is 5.78 Å². The summed E-state index contributed by atoms with van der Waals surface area (Å²) < 4.78 is 36.3. The number of hydrogen-bond acceptors (Lipinski definition) is 2. The lowest BCUT2D eigenvalue weighted by Crippen LogP contribution is -2.05. The summed E-state index contributed by atoms with van der Waals surface area (Å²) in [6.45, 7) is 1.26. The van der Waals surface area contributed by atoms with Crippen LogP contribution in [0.15, 0.2) is 18.3 Å². The Balaban J connectivity index is 2.93. The van der Waals surface area contributed by atoms with Gasteiger partial charge in [-0.2, -0.15) is 13.2 Å². The van der Waals surface area contributed by atoms with Gasteiger partial charge in [-0.1, -0.05) is 0 Å². The van der Waals surface area contributed by atoms with Gasteiger partial charge < -0.3 is 0 Å². The van der Waals surface area contributed by atoms with Crippen molar-refractivity contribution in [1.29, 1.82) is 0 Å². The molecule has 0 saturated heterocycles. The van der Waals surface area contributed by atoms with Crippen LogP contribution in [0.5, 0.6) is 0 Å². The molecule has 0 aliphatic carbocycles. The van der Waals surface area contributed by atoms with Crippen LogP contribution >= 0.6 is 0 Å². The number of carbonyl (C=O) groups is 1. The number of pyridine rings is 1. The normalized spacial score (nSPS) is 10.4. The molecule has 2 nitrogen and oxygen atoms in total. The number of Topliss-reactive ketones (excluding diaryl/α,β-unsaturated/α-hetero) is 1. The fourth-order valence-electron chi connectivity index (χ4n) is 0.788. The van der Waals surface area contributed by atoms with Gasteiger partial charge in [0.1, 0.15) is 5.69 Å². The number of carbonyl (C=O) groups excluding carboxylic acids is 1. The number of rotatable bonds is 0. The van der Waals surface area contributed by atoms with E-state index in [1.54, 1.807) is 0 Å². The molecule has 78 valence electrons. The topological polar surface area (TPSA) is 30.0 Å². The van der Waals surface area contributed by atoms with Crippen molar-refractivity contribution in [2.75, 3.05) is 0 Å². The van der Waals surface area contributed by atoms with Crippen molar-refractivity contribution < 1.29 is 18.0 Å². The standard InChI is InChI=1S/C10H6F3NO/c1-7(15)2-4-9-5-3-8(6-14-9)10(11,12)13/h3,5-6H,1H3. The minimum Gasteiger partial charge on any atom is -0.285 e. The van der Waals surface area contributed by atoms with Crippen molar-refractivity contribution in [2.45, 2.75) is 13.1 Å². The van der Waals surface area contributed by atoms with E-state index >= 15 is 0 Å². The maximum Gasteiger partial charge on any atom is 0.417 e. The number of ketones is 1. The molecule has 0 amide bonds. The summed E-state index contributed by atoms with van der Waals surface area (Å²) in [5.41, 5.74) is -0.700. The molecule has 0 fully saturated rings. The third-order valence-corrected chi connectivity index (χ3v) is 1.46. The molecule has 0 radical (unpaired) electrons. The number of alkyl halides is 3. The highest BCUT2D eigenvalue weighted by molar-refractivity contribution is 5.93.